The number of nitrogens with zero attached hydrogens (tertiary/aromatic N) is 5. The van der Waals surface area contributed by atoms with Crippen LogP contribution in [0.1, 0.15) is 34.7 Å². The van der Waals surface area contributed by atoms with Crippen molar-refractivity contribution < 1.29 is 9.53 Å². The molecule has 8 nitrogen and oxygen atoms in total. The number of carbonyl (C=O) groups excluding carboxylic acids is 1. The highest BCUT2D eigenvalue weighted by Gasteiger charge is 2.22. The first-order chi connectivity index (χ1) is 14.1. The SMILES string of the molecule is CCn1nnc2cc(C(=O)NC(c3ccc(OC)cc3)c3nccn3C)ccc21. The lowest BCUT2D eigenvalue weighted by molar-refractivity contribution is 0.0941. The summed E-state index contributed by atoms with van der Waals surface area (Å²) in [4.78, 5) is 17.5. The van der Waals surface area contributed by atoms with Crippen LogP contribution in [0.3, 0.4) is 0 Å². The van der Waals surface area contributed by atoms with Crippen LogP contribution in [0, 0.1) is 0 Å². The van der Waals surface area contributed by atoms with Crippen molar-refractivity contribution in [1.29, 1.82) is 0 Å². The van der Waals surface area contributed by atoms with Crippen molar-refractivity contribution in [3.8, 4) is 5.75 Å². The molecule has 0 bridgehead atoms. The number of methoxy groups -OCH3 is 1. The van der Waals surface area contributed by atoms with Gasteiger partial charge in [-0.2, -0.15) is 0 Å². The smallest absolute Gasteiger partial charge is 0.252 e. The second-order valence-electron chi connectivity index (χ2n) is 6.68. The zero-order valence-electron chi connectivity index (χ0n) is 16.5. The van der Waals surface area contributed by atoms with E-state index in [0.29, 0.717) is 11.1 Å². The summed E-state index contributed by atoms with van der Waals surface area (Å²) in [7, 11) is 3.53. The van der Waals surface area contributed by atoms with Gasteiger partial charge in [0.15, 0.2) is 0 Å². The molecule has 148 valence electrons. The molecule has 1 unspecified atom stereocenters. The Morgan fingerprint density at radius 1 is 1.21 bits per heavy atom. The number of imidazole rings is 1. The van der Waals surface area contributed by atoms with Gasteiger partial charge in [0.2, 0.25) is 0 Å². The third-order valence-corrected chi connectivity index (χ3v) is 4.92. The van der Waals surface area contributed by atoms with E-state index < -0.39 is 6.04 Å². The van der Waals surface area contributed by atoms with Crippen molar-refractivity contribution in [3.05, 3.63) is 71.8 Å². The molecular formula is C21H22N6O2. The van der Waals surface area contributed by atoms with Crippen LogP contribution in [0.4, 0.5) is 0 Å². The molecular weight excluding hydrogens is 368 g/mol. The Bertz CT molecular complexity index is 1150. The highest BCUT2D eigenvalue weighted by Crippen LogP contribution is 2.24. The van der Waals surface area contributed by atoms with Gasteiger partial charge in [0.1, 0.15) is 23.1 Å². The van der Waals surface area contributed by atoms with Gasteiger partial charge in [-0.1, -0.05) is 17.3 Å². The summed E-state index contributed by atoms with van der Waals surface area (Å²) in [5, 5.41) is 11.4. The molecule has 1 N–H and O–H groups in total. The van der Waals surface area contributed by atoms with Crippen molar-refractivity contribution >= 4 is 16.9 Å². The van der Waals surface area contributed by atoms with Crippen LogP contribution >= 0.6 is 0 Å². The lowest BCUT2D eigenvalue weighted by atomic mass is 10.0. The lowest BCUT2D eigenvalue weighted by Crippen LogP contribution is -2.31. The maximum absolute atomic E-state index is 13.1. The molecule has 0 aliphatic carbocycles. The van der Waals surface area contributed by atoms with E-state index in [1.807, 2.05) is 55.1 Å². The molecule has 0 fully saturated rings. The van der Waals surface area contributed by atoms with Gasteiger partial charge >= 0.3 is 0 Å². The van der Waals surface area contributed by atoms with Gasteiger partial charge in [0.25, 0.3) is 5.91 Å². The average Bonchev–Trinajstić information content (AvgIpc) is 3.37. The van der Waals surface area contributed by atoms with Gasteiger partial charge in [-0.15, -0.1) is 5.10 Å². The summed E-state index contributed by atoms with van der Waals surface area (Å²) >= 11 is 0. The van der Waals surface area contributed by atoms with E-state index in [9.17, 15) is 4.79 Å². The summed E-state index contributed by atoms with van der Waals surface area (Å²) in [6.45, 7) is 2.72. The third-order valence-electron chi connectivity index (χ3n) is 4.92. The topological polar surface area (TPSA) is 86.9 Å². The summed E-state index contributed by atoms with van der Waals surface area (Å²) < 4.78 is 8.93. The van der Waals surface area contributed by atoms with Crippen LogP contribution < -0.4 is 10.1 Å². The number of nitrogens with one attached hydrogen (secondary N) is 1. The molecule has 2 aromatic carbocycles. The van der Waals surface area contributed by atoms with Crippen LogP contribution in [0.2, 0.25) is 0 Å². The summed E-state index contributed by atoms with van der Waals surface area (Å²) in [5.41, 5.74) is 3.03. The standard InChI is InChI=1S/C21H22N6O2/c1-4-27-18-10-7-15(13-17(18)24-25-27)21(28)23-19(20-22-11-12-26(20)2)14-5-8-16(29-3)9-6-14/h5-13,19H,4H2,1-3H3,(H,23,28). The number of carbonyl (C=O) groups is 1. The number of hydrogen-bond donors (Lipinski definition) is 1. The second-order valence-corrected chi connectivity index (χ2v) is 6.68. The Kier molecular flexibility index (Phi) is 4.99. The number of hydrogen-bond acceptors (Lipinski definition) is 5. The lowest BCUT2D eigenvalue weighted by Gasteiger charge is -2.19. The minimum atomic E-state index is -0.407. The summed E-state index contributed by atoms with van der Waals surface area (Å²) in [6, 6.07) is 12.6. The third kappa shape index (κ3) is 3.56. The highest BCUT2D eigenvalue weighted by atomic mass is 16.5. The normalized spacial score (nSPS) is 12.1. The average molecular weight is 390 g/mol. The fourth-order valence-corrected chi connectivity index (χ4v) is 3.31. The molecule has 0 aliphatic heterocycles. The molecule has 2 heterocycles. The molecule has 1 atom stereocenters. The predicted molar refractivity (Wildman–Crippen MR) is 109 cm³/mol. The summed E-state index contributed by atoms with van der Waals surface area (Å²) in [6.07, 6.45) is 3.57. The molecule has 1 amide bonds. The molecule has 8 heteroatoms. The Hall–Kier alpha value is -3.68. The van der Waals surface area contributed by atoms with E-state index in [1.165, 1.54) is 0 Å². The Morgan fingerprint density at radius 3 is 2.66 bits per heavy atom. The largest absolute Gasteiger partial charge is 0.497 e. The fourth-order valence-electron chi connectivity index (χ4n) is 3.31. The Morgan fingerprint density at radius 2 is 2.00 bits per heavy atom. The highest BCUT2D eigenvalue weighted by molar-refractivity contribution is 5.97. The zero-order valence-corrected chi connectivity index (χ0v) is 16.5. The fraction of sp³-hybridized carbons (Fsp3) is 0.238. The molecule has 29 heavy (non-hydrogen) atoms. The molecule has 0 aliphatic rings. The van der Waals surface area contributed by atoms with Crippen molar-refractivity contribution in [2.75, 3.05) is 7.11 Å². The quantitative estimate of drug-likeness (QED) is 0.547. The summed E-state index contributed by atoms with van der Waals surface area (Å²) in [5.74, 6) is 1.28. The Labute approximate surface area is 168 Å². The molecule has 0 saturated heterocycles. The molecule has 4 aromatic rings. The van der Waals surface area contributed by atoms with E-state index in [-0.39, 0.29) is 5.91 Å². The minimum absolute atomic E-state index is 0.207. The van der Waals surface area contributed by atoms with Gasteiger partial charge in [-0.05, 0) is 42.8 Å². The van der Waals surface area contributed by atoms with Gasteiger partial charge in [-0.25, -0.2) is 9.67 Å². The van der Waals surface area contributed by atoms with Crippen molar-refractivity contribution in [1.82, 2.24) is 29.9 Å². The number of ether oxygens (including phenoxy) is 1. The maximum atomic E-state index is 13.1. The van der Waals surface area contributed by atoms with Crippen molar-refractivity contribution in [2.24, 2.45) is 7.05 Å². The van der Waals surface area contributed by atoms with E-state index >= 15 is 0 Å². The van der Waals surface area contributed by atoms with E-state index in [4.69, 9.17) is 4.74 Å². The van der Waals surface area contributed by atoms with Crippen LogP contribution in [0.25, 0.3) is 11.0 Å². The predicted octanol–water partition coefficient (Wildman–Crippen LogP) is 2.71. The second kappa shape index (κ2) is 7.75. The first-order valence-corrected chi connectivity index (χ1v) is 9.36. The number of aryl methyl sites for hydroxylation is 2. The number of amides is 1. The molecule has 0 spiro atoms. The zero-order chi connectivity index (χ0) is 20.4. The molecule has 0 radical (unpaired) electrons. The first-order valence-electron chi connectivity index (χ1n) is 9.36. The van der Waals surface area contributed by atoms with Gasteiger partial charge in [0, 0.05) is 31.5 Å². The van der Waals surface area contributed by atoms with Gasteiger partial charge < -0.3 is 14.6 Å². The number of aromatic nitrogens is 5. The monoisotopic (exact) mass is 390 g/mol. The first kappa shape index (κ1) is 18.7. The molecule has 2 aromatic heterocycles. The van der Waals surface area contributed by atoms with Crippen molar-refractivity contribution in [3.63, 3.8) is 0 Å². The van der Waals surface area contributed by atoms with E-state index in [2.05, 4.69) is 20.6 Å². The van der Waals surface area contributed by atoms with Gasteiger partial charge in [-0.3, -0.25) is 4.79 Å². The van der Waals surface area contributed by atoms with E-state index in [1.54, 1.807) is 30.1 Å². The van der Waals surface area contributed by atoms with E-state index in [0.717, 1.165) is 29.2 Å². The Balaban J connectivity index is 1.66. The van der Waals surface area contributed by atoms with Crippen LogP contribution in [0.5, 0.6) is 5.75 Å². The molecule has 4 rings (SSSR count). The van der Waals surface area contributed by atoms with Crippen LogP contribution in [-0.2, 0) is 13.6 Å². The van der Waals surface area contributed by atoms with Crippen LogP contribution in [0.15, 0.2) is 54.9 Å². The van der Waals surface area contributed by atoms with Gasteiger partial charge in [0.05, 0.1) is 12.6 Å². The molecule has 0 saturated carbocycles. The number of benzene rings is 2. The van der Waals surface area contributed by atoms with Crippen LogP contribution in [-0.4, -0.2) is 37.6 Å². The minimum Gasteiger partial charge on any atom is -0.497 e. The number of fused-ring (bicyclic) bond motifs is 1. The number of rotatable bonds is 6. The van der Waals surface area contributed by atoms with Crippen molar-refractivity contribution in [2.45, 2.75) is 19.5 Å². The maximum Gasteiger partial charge on any atom is 0.252 e.